The predicted molar refractivity (Wildman–Crippen MR) is 64.5 cm³/mol. The van der Waals surface area contributed by atoms with E-state index in [1.807, 2.05) is 0 Å². The number of hydrogen-bond acceptors (Lipinski definition) is 2. The Morgan fingerprint density at radius 2 is 2.27 bits per heavy atom. The maximum Gasteiger partial charge on any atom is 0.139 e. The van der Waals surface area contributed by atoms with Crippen molar-refractivity contribution >= 4 is 27.3 Å². The van der Waals surface area contributed by atoms with E-state index >= 15 is 0 Å². The third kappa shape index (κ3) is 2.09. The van der Waals surface area contributed by atoms with E-state index in [9.17, 15) is 4.39 Å². The lowest BCUT2D eigenvalue weighted by atomic mass is 10.2. The van der Waals surface area contributed by atoms with E-state index < -0.39 is 0 Å². The molecule has 0 amide bonds. The van der Waals surface area contributed by atoms with Gasteiger partial charge in [-0.2, -0.15) is 0 Å². The highest BCUT2D eigenvalue weighted by Gasteiger charge is 2.21. The third-order valence-corrected chi connectivity index (χ3v) is 3.44. The topological polar surface area (TPSA) is 29.3 Å². The van der Waals surface area contributed by atoms with Gasteiger partial charge in [-0.15, -0.1) is 0 Å². The second-order valence-electron chi connectivity index (χ2n) is 4.16. The number of nitrogen functional groups attached to an aromatic ring is 1. The SMILES string of the molecule is CC1CCN(c2cc(F)c(Br)cc2N)C1. The highest BCUT2D eigenvalue weighted by Crippen LogP contribution is 2.32. The van der Waals surface area contributed by atoms with Crippen LogP contribution in [0.2, 0.25) is 0 Å². The van der Waals surface area contributed by atoms with Crippen molar-refractivity contribution in [3.8, 4) is 0 Å². The smallest absolute Gasteiger partial charge is 0.139 e. The van der Waals surface area contributed by atoms with Crippen molar-refractivity contribution in [1.82, 2.24) is 0 Å². The molecule has 1 aromatic carbocycles. The number of halogens is 2. The van der Waals surface area contributed by atoms with Gasteiger partial charge in [0, 0.05) is 19.2 Å². The van der Waals surface area contributed by atoms with Gasteiger partial charge in [-0.25, -0.2) is 4.39 Å². The van der Waals surface area contributed by atoms with E-state index in [0.29, 0.717) is 16.1 Å². The van der Waals surface area contributed by atoms with Crippen molar-refractivity contribution < 1.29 is 4.39 Å². The molecule has 2 nitrogen and oxygen atoms in total. The standard InChI is InChI=1S/C11H14BrFN2/c1-7-2-3-15(6-7)11-5-9(13)8(12)4-10(11)14/h4-5,7H,2-3,6,14H2,1H3. The fraction of sp³-hybridized carbons (Fsp3) is 0.455. The molecule has 0 saturated carbocycles. The molecule has 1 unspecified atom stereocenters. The van der Waals surface area contributed by atoms with Crippen LogP contribution in [0.5, 0.6) is 0 Å². The number of nitrogens with zero attached hydrogens (tertiary/aromatic N) is 1. The number of rotatable bonds is 1. The molecule has 1 heterocycles. The minimum atomic E-state index is -0.251. The number of hydrogen-bond donors (Lipinski definition) is 1. The quantitative estimate of drug-likeness (QED) is 0.797. The van der Waals surface area contributed by atoms with Crippen molar-refractivity contribution in [2.24, 2.45) is 5.92 Å². The maximum absolute atomic E-state index is 13.4. The van der Waals surface area contributed by atoms with Gasteiger partial charge in [-0.1, -0.05) is 6.92 Å². The Balaban J connectivity index is 2.32. The minimum Gasteiger partial charge on any atom is -0.397 e. The molecule has 1 fully saturated rings. The fourth-order valence-electron chi connectivity index (χ4n) is 1.98. The molecule has 1 aliphatic rings. The Hall–Kier alpha value is -0.770. The summed E-state index contributed by atoms with van der Waals surface area (Å²) in [6.45, 7) is 4.13. The Bertz CT molecular complexity index is 381. The molecule has 1 aliphatic heterocycles. The lowest BCUT2D eigenvalue weighted by molar-refractivity contribution is 0.620. The second-order valence-corrected chi connectivity index (χ2v) is 5.02. The summed E-state index contributed by atoms with van der Waals surface area (Å²) in [6.07, 6.45) is 1.15. The van der Waals surface area contributed by atoms with Crippen LogP contribution in [0.25, 0.3) is 0 Å². The first kappa shape index (κ1) is 10.7. The molecule has 0 bridgehead atoms. The summed E-state index contributed by atoms with van der Waals surface area (Å²) in [5, 5.41) is 0. The van der Waals surface area contributed by atoms with Crippen molar-refractivity contribution in [2.45, 2.75) is 13.3 Å². The number of benzene rings is 1. The Labute approximate surface area is 97.4 Å². The Morgan fingerprint density at radius 1 is 1.53 bits per heavy atom. The fourth-order valence-corrected chi connectivity index (χ4v) is 2.34. The van der Waals surface area contributed by atoms with Crippen LogP contribution in [0.4, 0.5) is 15.8 Å². The molecule has 1 atom stereocenters. The number of nitrogens with two attached hydrogens (primary N) is 1. The van der Waals surface area contributed by atoms with E-state index in [0.717, 1.165) is 25.2 Å². The van der Waals surface area contributed by atoms with Crippen LogP contribution in [0.1, 0.15) is 13.3 Å². The van der Waals surface area contributed by atoms with Crippen molar-refractivity contribution in [1.29, 1.82) is 0 Å². The predicted octanol–water partition coefficient (Wildman–Crippen LogP) is 3.02. The Kier molecular flexibility index (Phi) is 2.87. The lowest BCUT2D eigenvalue weighted by Gasteiger charge is -2.20. The van der Waals surface area contributed by atoms with Gasteiger partial charge in [0.25, 0.3) is 0 Å². The summed E-state index contributed by atoms with van der Waals surface area (Å²) in [7, 11) is 0. The number of anilines is 2. The first-order chi connectivity index (χ1) is 7.08. The van der Waals surface area contributed by atoms with Crippen molar-refractivity contribution in [2.75, 3.05) is 23.7 Å². The lowest BCUT2D eigenvalue weighted by Crippen LogP contribution is -2.20. The molecule has 2 N–H and O–H groups in total. The molecule has 0 aliphatic carbocycles. The third-order valence-electron chi connectivity index (χ3n) is 2.83. The van der Waals surface area contributed by atoms with Crippen LogP contribution < -0.4 is 10.6 Å². The highest BCUT2D eigenvalue weighted by molar-refractivity contribution is 9.10. The van der Waals surface area contributed by atoms with Gasteiger partial charge in [0.05, 0.1) is 15.8 Å². The zero-order valence-corrected chi connectivity index (χ0v) is 10.2. The normalized spacial score (nSPS) is 21.0. The van der Waals surface area contributed by atoms with Gasteiger partial charge in [-0.3, -0.25) is 0 Å². The molecule has 15 heavy (non-hydrogen) atoms. The van der Waals surface area contributed by atoms with Crippen LogP contribution in [0.3, 0.4) is 0 Å². The van der Waals surface area contributed by atoms with Crippen LogP contribution in [-0.2, 0) is 0 Å². The second kappa shape index (κ2) is 4.00. The van der Waals surface area contributed by atoms with Gasteiger partial charge in [0.1, 0.15) is 5.82 Å². The highest BCUT2D eigenvalue weighted by atomic mass is 79.9. The molecule has 1 saturated heterocycles. The zero-order valence-electron chi connectivity index (χ0n) is 8.63. The van der Waals surface area contributed by atoms with Crippen LogP contribution in [0, 0.1) is 11.7 Å². The van der Waals surface area contributed by atoms with E-state index in [2.05, 4.69) is 27.8 Å². The summed E-state index contributed by atoms with van der Waals surface area (Å²) >= 11 is 3.13. The summed E-state index contributed by atoms with van der Waals surface area (Å²) in [5.74, 6) is 0.412. The van der Waals surface area contributed by atoms with E-state index in [4.69, 9.17) is 5.73 Å². The van der Waals surface area contributed by atoms with Crippen molar-refractivity contribution in [3.63, 3.8) is 0 Å². The Morgan fingerprint density at radius 3 is 2.87 bits per heavy atom. The molecule has 0 radical (unpaired) electrons. The average Bonchev–Trinajstić information content (AvgIpc) is 2.58. The van der Waals surface area contributed by atoms with Gasteiger partial charge in [0.2, 0.25) is 0 Å². The van der Waals surface area contributed by atoms with E-state index in [1.165, 1.54) is 6.07 Å². The van der Waals surface area contributed by atoms with Gasteiger partial charge in [-0.05, 0) is 34.3 Å². The van der Waals surface area contributed by atoms with Crippen LogP contribution in [0.15, 0.2) is 16.6 Å². The molecule has 0 aromatic heterocycles. The van der Waals surface area contributed by atoms with Gasteiger partial charge in [0.15, 0.2) is 0 Å². The van der Waals surface area contributed by atoms with Gasteiger partial charge < -0.3 is 10.6 Å². The molecule has 4 heteroatoms. The molecular weight excluding hydrogens is 259 g/mol. The van der Waals surface area contributed by atoms with E-state index in [-0.39, 0.29) is 5.82 Å². The van der Waals surface area contributed by atoms with E-state index in [1.54, 1.807) is 6.07 Å². The molecule has 0 spiro atoms. The van der Waals surface area contributed by atoms with Crippen molar-refractivity contribution in [3.05, 3.63) is 22.4 Å². The zero-order chi connectivity index (χ0) is 11.0. The first-order valence-electron chi connectivity index (χ1n) is 5.07. The summed E-state index contributed by atoms with van der Waals surface area (Å²) in [4.78, 5) is 2.15. The summed E-state index contributed by atoms with van der Waals surface area (Å²) in [6, 6.07) is 3.14. The first-order valence-corrected chi connectivity index (χ1v) is 5.86. The maximum atomic E-state index is 13.4. The monoisotopic (exact) mass is 272 g/mol. The summed E-state index contributed by atoms with van der Waals surface area (Å²) < 4.78 is 13.8. The van der Waals surface area contributed by atoms with Crippen LogP contribution in [-0.4, -0.2) is 13.1 Å². The average molecular weight is 273 g/mol. The molecular formula is C11H14BrFN2. The minimum absolute atomic E-state index is 0.251. The van der Waals surface area contributed by atoms with Gasteiger partial charge >= 0.3 is 0 Å². The summed E-state index contributed by atoms with van der Waals surface area (Å²) in [5.41, 5.74) is 7.33. The largest absolute Gasteiger partial charge is 0.397 e. The molecule has 82 valence electrons. The molecule has 1 aromatic rings. The molecule has 2 rings (SSSR count). The van der Waals surface area contributed by atoms with Crippen LogP contribution >= 0.6 is 15.9 Å².